The molecule has 0 bridgehead atoms. The van der Waals surface area contributed by atoms with Crippen molar-refractivity contribution in [3.63, 3.8) is 0 Å². The van der Waals surface area contributed by atoms with E-state index in [1.54, 1.807) is 25.1 Å². The first-order chi connectivity index (χ1) is 8.11. The Bertz CT molecular complexity index is 566. The zero-order valence-corrected chi connectivity index (χ0v) is 10.8. The van der Waals surface area contributed by atoms with E-state index in [-0.39, 0.29) is 5.97 Å². The van der Waals surface area contributed by atoms with Gasteiger partial charge in [0.05, 0.1) is 18.2 Å². The highest BCUT2D eigenvalue weighted by atomic mass is 79.9. The number of methoxy groups -OCH3 is 1. The molecule has 0 saturated heterocycles. The van der Waals surface area contributed by atoms with Gasteiger partial charge < -0.3 is 9.26 Å². The summed E-state index contributed by atoms with van der Waals surface area (Å²) in [4.78, 5) is 15.4. The summed E-state index contributed by atoms with van der Waals surface area (Å²) in [7, 11) is 1.34. The van der Waals surface area contributed by atoms with Crippen LogP contribution in [0.15, 0.2) is 27.2 Å². The van der Waals surface area contributed by atoms with Crippen LogP contribution in [0.4, 0.5) is 0 Å². The van der Waals surface area contributed by atoms with E-state index < -0.39 is 0 Å². The lowest BCUT2D eigenvalue weighted by Crippen LogP contribution is -2.00. The maximum absolute atomic E-state index is 11.3. The van der Waals surface area contributed by atoms with E-state index in [0.717, 1.165) is 5.56 Å². The van der Waals surface area contributed by atoms with Crippen LogP contribution in [-0.4, -0.2) is 23.2 Å². The molecule has 2 aromatic rings. The fourth-order valence-electron chi connectivity index (χ4n) is 1.34. The Balaban J connectivity index is 2.41. The van der Waals surface area contributed by atoms with Crippen LogP contribution in [0.5, 0.6) is 0 Å². The molecule has 6 heteroatoms. The molecule has 0 spiro atoms. The number of halogens is 1. The summed E-state index contributed by atoms with van der Waals surface area (Å²) >= 11 is 3.36. The third-order valence-corrected chi connectivity index (χ3v) is 2.80. The lowest BCUT2D eigenvalue weighted by molar-refractivity contribution is 0.0600. The van der Waals surface area contributed by atoms with Crippen molar-refractivity contribution in [3.05, 3.63) is 34.1 Å². The number of aromatic nitrogens is 2. The summed E-state index contributed by atoms with van der Waals surface area (Å²) in [6.45, 7) is 1.74. The standard InChI is InChI=1S/C11H9BrN2O3/c1-6-13-10(17-14-6)8-4-3-7(5-9(8)12)11(15)16-2/h3-5H,1-2H3. The lowest BCUT2D eigenvalue weighted by Gasteiger charge is -2.02. The Morgan fingerprint density at radius 1 is 1.47 bits per heavy atom. The Morgan fingerprint density at radius 3 is 2.76 bits per heavy atom. The van der Waals surface area contributed by atoms with Gasteiger partial charge in [0.15, 0.2) is 5.82 Å². The average Bonchev–Trinajstić information content (AvgIpc) is 2.74. The zero-order chi connectivity index (χ0) is 12.4. The zero-order valence-electron chi connectivity index (χ0n) is 9.23. The SMILES string of the molecule is COC(=O)c1ccc(-c2nc(C)no2)c(Br)c1. The Hall–Kier alpha value is -1.69. The predicted octanol–water partition coefficient (Wildman–Crippen LogP) is 2.59. The number of ether oxygens (including phenoxy) is 1. The van der Waals surface area contributed by atoms with Crippen LogP contribution in [0, 0.1) is 6.92 Å². The van der Waals surface area contributed by atoms with Crippen molar-refractivity contribution < 1.29 is 14.1 Å². The Kier molecular flexibility index (Phi) is 3.23. The van der Waals surface area contributed by atoms with Gasteiger partial charge in [0.1, 0.15) is 0 Å². The minimum atomic E-state index is -0.390. The number of carbonyl (C=O) groups is 1. The highest BCUT2D eigenvalue weighted by molar-refractivity contribution is 9.10. The molecule has 5 nitrogen and oxygen atoms in total. The summed E-state index contributed by atoms with van der Waals surface area (Å²) in [5.41, 5.74) is 1.19. The van der Waals surface area contributed by atoms with Crippen LogP contribution in [0.1, 0.15) is 16.2 Å². The van der Waals surface area contributed by atoms with E-state index in [4.69, 9.17) is 4.52 Å². The van der Waals surface area contributed by atoms with Gasteiger partial charge in [-0.25, -0.2) is 4.79 Å². The average molecular weight is 297 g/mol. The van der Waals surface area contributed by atoms with Crippen LogP contribution in [-0.2, 0) is 4.74 Å². The summed E-state index contributed by atoms with van der Waals surface area (Å²) < 4.78 is 10.4. The van der Waals surface area contributed by atoms with Crippen molar-refractivity contribution in [2.75, 3.05) is 7.11 Å². The highest BCUT2D eigenvalue weighted by Gasteiger charge is 2.13. The second-order valence-electron chi connectivity index (χ2n) is 3.33. The maximum atomic E-state index is 11.3. The summed E-state index contributed by atoms with van der Waals surface area (Å²) in [6, 6.07) is 5.02. The molecule has 0 unspecified atom stereocenters. The van der Waals surface area contributed by atoms with Crippen LogP contribution in [0.3, 0.4) is 0 Å². The molecule has 88 valence electrons. The number of hydrogen-bond donors (Lipinski definition) is 0. The molecule has 0 radical (unpaired) electrons. The van der Waals surface area contributed by atoms with Crippen LogP contribution < -0.4 is 0 Å². The van der Waals surface area contributed by atoms with Crippen molar-refractivity contribution in [1.29, 1.82) is 0 Å². The van der Waals surface area contributed by atoms with Gasteiger partial charge in [-0.1, -0.05) is 5.16 Å². The largest absolute Gasteiger partial charge is 0.465 e. The number of rotatable bonds is 2. The molecule has 0 atom stereocenters. The number of carbonyl (C=O) groups excluding carboxylic acids is 1. The van der Waals surface area contributed by atoms with Crippen molar-refractivity contribution in [2.45, 2.75) is 6.92 Å². The number of esters is 1. The number of benzene rings is 1. The molecular formula is C11H9BrN2O3. The third-order valence-electron chi connectivity index (χ3n) is 2.15. The first kappa shape index (κ1) is 11.8. The fourth-order valence-corrected chi connectivity index (χ4v) is 1.89. The molecule has 0 N–H and O–H groups in total. The number of nitrogens with zero attached hydrogens (tertiary/aromatic N) is 2. The van der Waals surface area contributed by atoms with E-state index in [1.807, 2.05) is 0 Å². The van der Waals surface area contributed by atoms with E-state index in [9.17, 15) is 4.79 Å². The highest BCUT2D eigenvalue weighted by Crippen LogP contribution is 2.28. The molecule has 0 amide bonds. The van der Waals surface area contributed by atoms with Crippen molar-refractivity contribution in [2.24, 2.45) is 0 Å². The topological polar surface area (TPSA) is 65.2 Å². The first-order valence-electron chi connectivity index (χ1n) is 4.80. The maximum Gasteiger partial charge on any atom is 0.337 e. The van der Waals surface area contributed by atoms with Crippen LogP contribution in [0.25, 0.3) is 11.5 Å². The van der Waals surface area contributed by atoms with Crippen molar-refractivity contribution >= 4 is 21.9 Å². The van der Waals surface area contributed by atoms with Gasteiger partial charge in [-0.15, -0.1) is 0 Å². The molecule has 0 fully saturated rings. The Labute approximate surface area is 106 Å². The Morgan fingerprint density at radius 2 is 2.24 bits per heavy atom. The third kappa shape index (κ3) is 2.36. The van der Waals surface area contributed by atoms with Crippen molar-refractivity contribution in [1.82, 2.24) is 10.1 Å². The molecule has 0 aliphatic heterocycles. The molecule has 0 aliphatic carbocycles. The molecule has 2 rings (SSSR count). The van der Waals surface area contributed by atoms with Gasteiger partial charge in [0.25, 0.3) is 5.89 Å². The van der Waals surface area contributed by atoms with Crippen LogP contribution in [0.2, 0.25) is 0 Å². The predicted molar refractivity (Wildman–Crippen MR) is 63.5 cm³/mol. The van der Waals surface area contributed by atoms with Crippen molar-refractivity contribution in [3.8, 4) is 11.5 Å². The lowest BCUT2D eigenvalue weighted by atomic mass is 10.1. The fraction of sp³-hybridized carbons (Fsp3) is 0.182. The first-order valence-corrected chi connectivity index (χ1v) is 5.59. The van der Waals surface area contributed by atoms with Gasteiger partial charge >= 0.3 is 5.97 Å². The van der Waals surface area contributed by atoms with E-state index in [1.165, 1.54) is 7.11 Å². The molecule has 17 heavy (non-hydrogen) atoms. The van der Waals surface area contributed by atoms with Gasteiger partial charge in [-0.05, 0) is 41.1 Å². The quantitative estimate of drug-likeness (QED) is 0.797. The molecule has 1 heterocycles. The van der Waals surface area contributed by atoms with Gasteiger partial charge in [-0.2, -0.15) is 4.98 Å². The monoisotopic (exact) mass is 296 g/mol. The van der Waals surface area contributed by atoms with Gasteiger partial charge in [0.2, 0.25) is 0 Å². The minimum Gasteiger partial charge on any atom is -0.465 e. The van der Waals surface area contributed by atoms with E-state index >= 15 is 0 Å². The number of hydrogen-bond acceptors (Lipinski definition) is 5. The number of aryl methyl sites for hydroxylation is 1. The van der Waals surface area contributed by atoms with E-state index in [0.29, 0.717) is 21.8 Å². The van der Waals surface area contributed by atoms with E-state index in [2.05, 4.69) is 30.8 Å². The molecular weight excluding hydrogens is 288 g/mol. The summed E-state index contributed by atoms with van der Waals surface area (Å²) in [5.74, 6) is 0.577. The summed E-state index contributed by atoms with van der Waals surface area (Å²) in [6.07, 6.45) is 0. The molecule has 1 aromatic carbocycles. The van der Waals surface area contributed by atoms with Crippen LogP contribution >= 0.6 is 15.9 Å². The second-order valence-corrected chi connectivity index (χ2v) is 4.19. The normalized spacial score (nSPS) is 10.3. The summed E-state index contributed by atoms with van der Waals surface area (Å²) in [5, 5.41) is 3.71. The van der Waals surface area contributed by atoms with Gasteiger partial charge in [-0.3, -0.25) is 0 Å². The molecule has 0 saturated carbocycles. The minimum absolute atomic E-state index is 0.390. The molecule has 1 aromatic heterocycles. The smallest absolute Gasteiger partial charge is 0.337 e. The van der Waals surface area contributed by atoms with Gasteiger partial charge in [0, 0.05) is 4.47 Å². The second kappa shape index (κ2) is 4.67. The molecule has 0 aliphatic rings.